The van der Waals surface area contributed by atoms with E-state index < -0.39 is 5.91 Å². The second kappa shape index (κ2) is 3.49. The van der Waals surface area contributed by atoms with E-state index in [1.807, 2.05) is 6.07 Å². The lowest BCUT2D eigenvalue weighted by Crippen LogP contribution is -2.09. The molecule has 0 atom stereocenters. The minimum atomic E-state index is -0.464. The van der Waals surface area contributed by atoms with E-state index in [1.165, 1.54) is 0 Å². The SMILES string of the molecule is NC(=O)c1ccn(-c2cccc(O)c2)c1. The minimum absolute atomic E-state index is 0.182. The molecule has 15 heavy (non-hydrogen) atoms. The largest absolute Gasteiger partial charge is 0.508 e. The molecule has 1 amide bonds. The van der Waals surface area contributed by atoms with Crippen molar-refractivity contribution in [3.05, 3.63) is 48.3 Å². The molecule has 1 aromatic heterocycles. The highest BCUT2D eigenvalue weighted by Crippen LogP contribution is 2.16. The Morgan fingerprint density at radius 3 is 2.73 bits per heavy atom. The summed E-state index contributed by atoms with van der Waals surface area (Å²) in [5, 5.41) is 9.29. The van der Waals surface area contributed by atoms with Gasteiger partial charge in [0.1, 0.15) is 5.75 Å². The lowest BCUT2D eigenvalue weighted by atomic mass is 10.3. The topological polar surface area (TPSA) is 68.2 Å². The van der Waals surface area contributed by atoms with Crippen molar-refractivity contribution in [3.8, 4) is 11.4 Å². The molecule has 0 aliphatic heterocycles. The maximum Gasteiger partial charge on any atom is 0.250 e. The number of carbonyl (C=O) groups is 1. The zero-order valence-corrected chi connectivity index (χ0v) is 7.92. The average molecular weight is 202 g/mol. The van der Waals surface area contributed by atoms with Crippen molar-refractivity contribution in [1.82, 2.24) is 4.57 Å². The second-order valence-electron chi connectivity index (χ2n) is 3.19. The van der Waals surface area contributed by atoms with Crippen molar-refractivity contribution in [2.75, 3.05) is 0 Å². The van der Waals surface area contributed by atoms with Crippen molar-refractivity contribution in [2.24, 2.45) is 5.73 Å². The van der Waals surface area contributed by atoms with Gasteiger partial charge in [0.2, 0.25) is 5.91 Å². The van der Waals surface area contributed by atoms with Gasteiger partial charge in [-0.2, -0.15) is 0 Å². The number of amides is 1. The summed E-state index contributed by atoms with van der Waals surface area (Å²) in [6.45, 7) is 0. The summed E-state index contributed by atoms with van der Waals surface area (Å²) >= 11 is 0. The maximum atomic E-state index is 10.9. The number of primary amides is 1. The van der Waals surface area contributed by atoms with Crippen LogP contribution in [0.2, 0.25) is 0 Å². The number of nitrogens with zero attached hydrogens (tertiary/aromatic N) is 1. The van der Waals surface area contributed by atoms with Crippen LogP contribution in [0, 0.1) is 0 Å². The minimum Gasteiger partial charge on any atom is -0.508 e. The molecular weight excluding hydrogens is 192 g/mol. The number of hydrogen-bond donors (Lipinski definition) is 2. The zero-order valence-electron chi connectivity index (χ0n) is 7.92. The number of aromatic hydroxyl groups is 1. The normalized spacial score (nSPS) is 10.1. The van der Waals surface area contributed by atoms with E-state index in [1.54, 1.807) is 41.2 Å². The van der Waals surface area contributed by atoms with E-state index in [4.69, 9.17) is 5.73 Å². The van der Waals surface area contributed by atoms with E-state index in [0.717, 1.165) is 5.69 Å². The third kappa shape index (κ3) is 1.83. The van der Waals surface area contributed by atoms with E-state index in [0.29, 0.717) is 5.56 Å². The number of benzene rings is 1. The Hall–Kier alpha value is -2.23. The van der Waals surface area contributed by atoms with Gasteiger partial charge in [0.25, 0.3) is 0 Å². The number of hydrogen-bond acceptors (Lipinski definition) is 2. The monoisotopic (exact) mass is 202 g/mol. The number of aromatic nitrogens is 1. The molecule has 4 heteroatoms. The molecule has 0 radical (unpaired) electrons. The maximum absolute atomic E-state index is 10.9. The Bertz CT molecular complexity index is 503. The Kier molecular flexibility index (Phi) is 2.17. The molecule has 2 aromatic rings. The van der Waals surface area contributed by atoms with E-state index >= 15 is 0 Å². The van der Waals surface area contributed by atoms with Crippen LogP contribution in [0.3, 0.4) is 0 Å². The van der Waals surface area contributed by atoms with Crippen LogP contribution in [0.15, 0.2) is 42.7 Å². The van der Waals surface area contributed by atoms with Crippen LogP contribution in [0.1, 0.15) is 10.4 Å². The molecule has 0 aliphatic carbocycles. The first kappa shape index (κ1) is 9.33. The molecule has 0 spiro atoms. The third-order valence-electron chi connectivity index (χ3n) is 2.11. The molecular formula is C11H10N2O2. The van der Waals surface area contributed by atoms with Crippen LogP contribution in [0.5, 0.6) is 5.75 Å². The van der Waals surface area contributed by atoms with Gasteiger partial charge >= 0.3 is 0 Å². The summed E-state index contributed by atoms with van der Waals surface area (Å²) in [6, 6.07) is 8.37. The van der Waals surface area contributed by atoms with Crippen LogP contribution >= 0.6 is 0 Å². The van der Waals surface area contributed by atoms with E-state index in [9.17, 15) is 9.90 Å². The van der Waals surface area contributed by atoms with Gasteiger partial charge in [0, 0.05) is 24.1 Å². The van der Waals surface area contributed by atoms with Crippen molar-refractivity contribution >= 4 is 5.91 Å². The summed E-state index contributed by atoms with van der Waals surface area (Å²) in [6.07, 6.45) is 3.34. The van der Waals surface area contributed by atoms with Crippen molar-refractivity contribution in [1.29, 1.82) is 0 Å². The fourth-order valence-electron chi connectivity index (χ4n) is 1.36. The van der Waals surface area contributed by atoms with Gasteiger partial charge < -0.3 is 15.4 Å². The predicted molar refractivity (Wildman–Crippen MR) is 56.0 cm³/mol. The lowest BCUT2D eigenvalue weighted by molar-refractivity contribution is 0.100. The van der Waals surface area contributed by atoms with Gasteiger partial charge in [0.05, 0.1) is 5.56 Å². The van der Waals surface area contributed by atoms with Gasteiger partial charge in [-0.15, -0.1) is 0 Å². The predicted octanol–water partition coefficient (Wildman–Crippen LogP) is 1.28. The van der Waals surface area contributed by atoms with Gasteiger partial charge in [0.15, 0.2) is 0 Å². The molecule has 1 heterocycles. The summed E-state index contributed by atoms with van der Waals surface area (Å²) < 4.78 is 1.72. The molecule has 4 nitrogen and oxygen atoms in total. The Balaban J connectivity index is 2.41. The first-order valence-corrected chi connectivity index (χ1v) is 4.44. The van der Waals surface area contributed by atoms with Crippen LogP contribution in [0.25, 0.3) is 5.69 Å². The summed E-state index contributed by atoms with van der Waals surface area (Å²) in [5.41, 5.74) is 6.36. The number of phenolic OH excluding ortho intramolecular Hbond substituents is 1. The smallest absolute Gasteiger partial charge is 0.250 e. The standard InChI is InChI=1S/C11H10N2O2/c12-11(15)8-4-5-13(7-8)9-2-1-3-10(14)6-9/h1-7,14H,(H2,12,15). The molecule has 0 saturated heterocycles. The highest BCUT2D eigenvalue weighted by molar-refractivity contribution is 5.92. The zero-order chi connectivity index (χ0) is 10.8. The third-order valence-corrected chi connectivity index (χ3v) is 2.11. The fraction of sp³-hybridized carbons (Fsp3) is 0. The molecule has 2 rings (SSSR count). The van der Waals surface area contributed by atoms with E-state index in [2.05, 4.69) is 0 Å². The van der Waals surface area contributed by atoms with Gasteiger partial charge in [-0.3, -0.25) is 4.79 Å². The summed E-state index contributed by atoms with van der Waals surface area (Å²) in [5.74, 6) is -0.282. The number of carbonyl (C=O) groups excluding carboxylic acids is 1. The number of rotatable bonds is 2. The molecule has 0 fully saturated rings. The first-order valence-electron chi connectivity index (χ1n) is 4.44. The van der Waals surface area contributed by atoms with Gasteiger partial charge in [-0.25, -0.2) is 0 Å². The fourth-order valence-corrected chi connectivity index (χ4v) is 1.36. The Labute approximate surface area is 86.6 Å². The van der Waals surface area contributed by atoms with Crippen molar-refractivity contribution in [2.45, 2.75) is 0 Å². The highest BCUT2D eigenvalue weighted by Gasteiger charge is 2.03. The summed E-state index contributed by atoms with van der Waals surface area (Å²) in [7, 11) is 0. The molecule has 0 unspecified atom stereocenters. The van der Waals surface area contributed by atoms with Gasteiger partial charge in [-0.1, -0.05) is 6.07 Å². The second-order valence-corrected chi connectivity index (χ2v) is 3.19. The van der Waals surface area contributed by atoms with Gasteiger partial charge in [-0.05, 0) is 18.2 Å². The van der Waals surface area contributed by atoms with Crippen LogP contribution in [-0.2, 0) is 0 Å². The summed E-state index contributed by atoms with van der Waals surface area (Å²) in [4.78, 5) is 10.9. The Morgan fingerprint density at radius 2 is 2.13 bits per heavy atom. The molecule has 0 saturated carbocycles. The highest BCUT2D eigenvalue weighted by atomic mass is 16.3. The molecule has 0 aliphatic rings. The number of nitrogens with two attached hydrogens (primary N) is 1. The van der Waals surface area contributed by atoms with E-state index in [-0.39, 0.29) is 5.75 Å². The molecule has 3 N–H and O–H groups in total. The van der Waals surface area contributed by atoms with Crippen LogP contribution in [0.4, 0.5) is 0 Å². The first-order chi connectivity index (χ1) is 7.16. The molecule has 0 bridgehead atoms. The van der Waals surface area contributed by atoms with Crippen LogP contribution < -0.4 is 5.73 Å². The molecule has 1 aromatic carbocycles. The lowest BCUT2D eigenvalue weighted by Gasteiger charge is -2.02. The average Bonchev–Trinajstić information content (AvgIpc) is 2.66. The quantitative estimate of drug-likeness (QED) is 0.770. The van der Waals surface area contributed by atoms with Crippen LogP contribution in [-0.4, -0.2) is 15.6 Å². The molecule has 76 valence electrons. The Morgan fingerprint density at radius 1 is 1.33 bits per heavy atom. The van der Waals surface area contributed by atoms with Crippen molar-refractivity contribution in [3.63, 3.8) is 0 Å². The van der Waals surface area contributed by atoms with Crippen molar-refractivity contribution < 1.29 is 9.90 Å². The number of phenols is 1.